The van der Waals surface area contributed by atoms with E-state index in [0.717, 1.165) is 0 Å². The first-order valence-electron chi connectivity index (χ1n) is 4.30. The van der Waals surface area contributed by atoms with E-state index < -0.39 is 13.7 Å². The second kappa shape index (κ2) is 4.08. The third-order valence-electron chi connectivity index (χ3n) is 1.59. The normalized spacial score (nSPS) is 16.2. The number of hydrogen-bond donors (Lipinski definition) is 2. The van der Waals surface area contributed by atoms with Gasteiger partial charge in [-0.2, -0.15) is 0 Å². The van der Waals surface area contributed by atoms with Crippen LogP contribution in [0.4, 0.5) is 0 Å². The lowest BCUT2D eigenvalue weighted by atomic mass is 10.0. The zero-order valence-electron chi connectivity index (χ0n) is 8.44. The summed E-state index contributed by atoms with van der Waals surface area (Å²) < 4.78 is 0. The Hall–Kier alpha value is -0.303. The van der Waals surface area contributed by atoms with Crippen LogP contribution in [0, 0.1) is 11.5 Å². The molecule has 0 aliphatic heterocycles. The quantitative estimate of drug-likeness (QED) is 0.497. The van der Waals surface area contributed by atoms with Crippen LogP contribution in [0.3, 0.4) is 0 Å². The van der Waals surface area contributed by atoms with Crippen LogP contribution in [-0.4, -0.2) is 25.3 Å². The first-order chi connectivity index (χ1) is 5.33. The minimum absolute atomic E-state index is 0.223. The van der Waals surface area contributed by atoms with Crippen molar-refractivity contribution in [2.24, 2.45) is 5.73 Å². The average molecular weight is 185 g/mol. The van der Waals surface area contributed by atoms with E-state index in [9.17, 15) is 5.11 Å². The Labute approximate surface area is 76.2 Å². The Morgan fingerprint density at radius 2 is 1.92 bits per heavy atom. The van der Waals surface area contributed by atoms with E-state index in [1.54, 1.807) is 0 Å². The van der Waals surface area contributed by atoms with Gasteiger partial charge in [0.15, 0.2) is 0 Å². The van der Waals surface area contributed by atoms with Crippen LogP contribution in [0.5, 0.6) is 0 Å². The summed E-state index contributed by atoms with van der Waals surface area (Å²) in [5, 5.41) is 9.72. The molecule has 1 atom stereocenters. The van der Waals surface area contributed by atoms with Gasteiger partial charge in [-0.3, -0.25) is 0 Å². The van der Waals surface area contributed by atoms with Crippen molar-refractivity contribution >= 4 is 8.07 Å². The molecular weight excluding hydrogens is 166 g/mol. The minimum Gasteiger partial charge on any atom is -0.376 e. The summed E-state index contributed by atoms with van der Waals surface area (Å²) in [4.78, 5) is 0. The van der Waals surface area contributed by atoms with Gasteiger partial charge in [0.1, 0.15) is 13.7 Å². The molecule has 0 rings (SSSR count). The lowest BCUT2D eigenvalue weighted by molar-refractivity contribution is 0.106. The Balaban J connectivity index is 4.46. The van der Waals surface area contributed by atoms with Crippen molar-refractivity contribution < 1.29 is 5.11 Å². The smallest absolute Gasteiger partial charge is 0.136 e. The zero-order chi connectivity index (χ0) is 9.83. The van der Waals surface area contributed by atoms with Crippen LogP contribution >= 0.6 is 0 Å². The highest BCUT2D eigenvalue weighted by molar-refractivity contribution is 6.83. The van der Waals surface area contributed by atoms with Gasteiger partial charge in [-0.1, -0.05) is 32.5 Å². The third-order valence-corrected chi connectivity index (χ3v) is 2.47. The molecule has 3 N–H and O–H groups in total. The lowest BCUT2D eigenvalue weighted by Gasteiger charge is -2.18. The van der Waals surface area contributed by atoms with Crippen molar-refractivity contribution in [2.75, 3.05) is 6.54 Å². The minimum atomic E-state index is -1.38. The molecule has 1 unspecified atom stereocenters. The largest absolute Gasteiger partial charge is 0.376 e. The molecule has 0 heterocycles. The molecule has 70 valence electrons. The predicted molar refractivity (Wildman–Crippen MR) is 55.4 cm³/mol. The average Bonchev–Trinajstić information content (AvgIpc) is 1.99. The highest BCUT2D eigenvalue weighted by atomic mass is 28.3. The molecule has 0 aromatic carbocycles. The second-order valence-corrected chi connectivity index (χ2v) is 8.84. The fourth-order valence-electron chi connectivity index (χ4n) is 0.588. The predicted octanol–water partition coefficient (Wildman–Crippen LogP) is 0.967. The molecule has 0 aliphatic rings. The van der Waals surface area contributed by atoms with Gasteiger partial charge in [0.05, 0.1) is 0 Å². The Kier molecular flexibility index (Phi) is 3.98. The summed E-state index contributed by atoms with van der Waals surface area (Å²) in [6.45, 7) is 8.55. The van der Waals surface area contributed by atoms with Crippen LogP contribution < -0.4 is 5.73 Å². The molecule has 0 saturated carbocycles. The maximum Gasteiger partial charge on any atom is 0.136 e. The standard InChI is InChI=1S/C9H19NOSi/c1-5-9(11,8-10)6-7-12(2,3)4/h11H,5,8,10H2,1-4H3. The molecule has 0 amide bonds. The van der Waals surface area contributed by atoms with Gasteiger partial charge in [-0.25, -0.2) is 0 Å². The van der Waals surface area contributed by atoms with Crippen LogP contribution in [0.15, 0.2) is 0 Å². The van der Waals surface area contributed by atoms with E-state index in [-0.39, 0.29) is 6.54 Å². The number of aliphatic hydroxyl groups is 1. The van der Waals surface area contributed by atoms with Gasteiger partial charge in [0.2, 0.25) is 0 Å². The van der Waals surface area contributed by atoms with E-state index in [4.69, 9.17) is 5.73 Å². The summed E-state index contributed by atoms with van der Waals surface area (Å²) in [6, 6.07) is 0. The van der Waals surface area contributed by atoms with Gasteiger partial charge >= 0.3 is 0 Å². The topological polar surface area (TPSA) is 46.2 Å². The highest BCUT2D eigenvalue weighted by Crippen LogP contribution is 2.07. The summed E-state index contributed by atoms with van der Waals surface area (Å²) in [5.41, 5.74) is 7.57. The first kappa shape index (κ1) is 11.7. The molecule has 0 aliphatic carbocycles. The molecular formula is C9H19NOSi. The van der Waals surface area contributed by atoms with Gasteiger partial charge in [-0.15, -0.1) is 5.54 Å². The molecule has 0 aromatic heterocycles. The molecule has 2 nitrogen and oxygen atoms in total. The van der Waals surface area contributed by atoms with Gasteiger partial charge in [0.25, 0.3) is 0 Å². The Morgan fingerprint density at radius 1 is 1.42 bits per heavy atom. The van der Waals surface area contributed by atoms with E-state index in [0.29, 0.717) is 6.42 Å². The monoisotopic (exact) mass is 185 g/mol. The second-order valence-electron chi connectivity index (χ2n) is 4.09. The van der Waals surface area contributed by atoms with Crippen molar-refractivity contribution in [1.82, 2.24) is 0 Å². The maximum absolute atomic E-state index is 9.72. The van der Waals surface area contributed by atoms with Crippen molar-refractivity contribution in [3.8, 4) is 11.5 Å². The number of hydrogen-bond acceptors (Lipinski definition) is 2. The van der Waals surface area contributed by atoms with Gasteiger partial charge < -0.3 is 10.8 Å². The number of rotatable bonds is 2. The molecule has 0 bridgehead atoms. The molecule has 0 spiro atoms. The zero-order valence-corrected chi connectivity index (χ0v) is 9.44. The lowest BCUT2D eigenvalue weighted by Crippen LogP contribution is -2.36. The fourth-order valence-corrected chi connectivity index (χ4v) is 1.20. The molecule has 3 heteroatoms. The highest BCUT2D eigenvalue weighted by Gasteiger charge is 2.19. The number of nitrogens with two attached hydrogens (primary N) is 1. The Morgan fingerprint density at radius 3 is 2.17 bits per heavy atom. The molecule has 0 saturated heterocycles. The van der Waals surface area contributed by atoms with Crippen LogP contribution in [0.25, 0.3) is 0 Å². The SMILES string of the molecule is CCC(O)(C#C[Si](C)(C)C)CN. The summed E-state index contributed by atoms with van der Waals surface area (Å²) >= 11 is 0. The van der Waals surface area contributed by atoms with Crippen LogP contribution in [-0.2, 0) is 0 Å². The summed E-state index contributed by atoms with van der Waals surface area (Å²) in [5.74, 6) is 2.88. The summed E-state index contributed by atoms with van der Waals surface area (Å²) in [6.07, 6.45) is 0.598. The van der Waals surface area contributed by atoms with Crippen molar-refractivity contribution in [3.05, 3.63) is 0 Å². The van der Waals surface area contributed by atoms with E-state index in [1.165, 1.54) is 0 Å². The molecule has 0 radical (unpaired) electrons. The molecule has 12 heavy (non-hydrogen) atoms. The summed E-state index contributed by atoms with van der Waals surface area (Å²) in [7, 11) is -1.38. The molecule has 0 aromatic rings. The maximum atomic E-state index is 9.72. The van der Waals surface area contributed by atoms with Crippen molar-refractivity contribution in [2.45, 2.75) is 38.6 Å². The van der Waals surface area contributed by atoms with E-state index in [1.807, 2.05) is 6.92 Å². The van der Waals surface area contributed by atoms with Crippen molar-refractivity contribution in [1.29, 1.82) is 0 Å². The van der Waals surface area contributed by atoms with Crippen LogP contribution in [0.2, 0.25) is 19.6 Å². The van der Waals surface area contributed by atoms with Gasteiger partial charge in [0, 0.05) is 6.54 Å². The third kappa shape index (κ3) is 4.55. The fraction of sp³-hybridized carbons (Fsp3) is 0.778. The Bertz CT molecular complexity index is 193. The first-order valence-corrected chi connectivity index (χ1v) is 7.80. The van der Waals surface area contributed by atoms with Crippen molar-refractivity contribution in [3.63, 3.8) is 0 Å². The van der Waals surface area contributed by atoms with Gasteiger partial charge in [-0.05, 0) is 6.42 Å². The van der Waals surface area contributed by atoms with Crippen LogP contribution in [0.1, 0.15) is 13.3 Å². The van der Waals surface area contributed by atoms with E-state index >= 15 is 0 Å². The molecule has 0 fully saturated rings. The van der Waals surface area contributed by atoms with E-state index in [2.05, 4.69) is 31.1 Å².